The van der Waals surface area contributed by atoms with Crippen molar-refractivity contribution >= 4 is 21.4 Å². The lowest BCUT2D eigenvalue weighted by molar-refractivity contribution is 0.597. The first kappa shape index (κ1) is 15.8. The van der Waals surface area contributed by atoms with E-state index in [4.69, 9.17) is 5.14 Å². The molecule has 0 bridgehead atoms. The maximum absolute atomic E-state index is 11.7. The van der Waals surface area contributed by atoms with Crippen LogP contribution in [0.1, 0.15) is 17.2 Å². The van der Waals surface area contributed by atoms with Crippen LogP contribution in [-0.4, -0.2) is 13.4 Å². The van der Waals surface area contributed by atoms with Crippen molar-refractivity contribution in [3.05, 3.63) is 84.2 Å². The molecule has 1 aromatic heterocycles. The second-order valence-corrected chi connectivity index (χ2v) is 7.61. The van der Waals surface area contributed by atoms with E-state index in [-0.39, 0.29) is 10.9 Å². The summed E-state index contributed by atoms with van der Waals surface area (Å²) in [6, 6.07) is 20.0. The van der Waals surface area contributed by atoms with E-state index in [1.54, 1.807) is 12.3 Å². The number of nitrogens with zero attached hydrogens (tertiary/aromatic N) is 2. The molecule has 0 saturated carbocycles. The van der Waals surface area contributed by atoms with Crippen LogP contribution >= 0.6 is 0 Å². The van der Waals surface area contributed by atoms with Crippen LogP contribution in [0.2, 0.25) is 0 Å². The molecule has 1 unspecified atom stereocenters. The molecule has 2 N–H and O–H groups in total. The molecule has 5 nitrogen and oxygen atoms in total. The van der Waals surface area contributed by atoms with Crippen molar-refractivity contribution in [2.45, 2.75) is 17.4 Å². The van der Waals surface area contributed by atoms with E-state index in [1.165, 1.54) is 17.3 Å². The molecule has 1 aliphatic rings. The molecule has 1 aliphatic heterocycles. The number of anilines is 2. The van der Waals surface area contributed by atoms with E-state index in [9.17, 15) is 8.42 Å². The van der Waals surface area contributed by atoms with Crippen molar-refractivity contribution in [3.8, 4) is 0 Å². The van der Waals surface area contributed by atoms with E-state index in [2.05, 4.69) is 28.1 Å². The Hall–Kier alpha value is -2.70. The van der Waals surface area contributed by atoms with Crippen LogP contribution in [0.25, 0.3) is 0 Å². The predicted octanol–water partition coefficient (Wildman–Crippen LogP) is 3.16. The van der Waals surface area contributed by atoms with Gasteiger partial charge in [0.15, 0.2) is 0 Å². The summed E-state index contributed by atoms with van der Waals surface area (Å²) in [5, 5.41) is 5.28. The van der Waals surface area contributed by atoms with Gasteiger partial charge in [0.2, 0.25) is 10.0 Å². The number of aromatic nitrogens is 1. The summed E-state index contributed by atoms with van der Waals surface area (Å²) >= 11 is 0. The number of para-hydroxylation sites is 1. The van der Waals surface area contributed by atoms with Crippen molar-refractivity contribution in [3.63, 3.8) is 0 Å². The summed E-state index contributed by atoms with van der Waals surface area (Å²) in [7, 11) is -3.80. The second-order valence-electron chi connectivity index (χ2n) is 6.05. The van der Waals surface area contributed by atoms with E-state index in [1.807, 2.05) is 36.4 Å². The number of benzene rings is 2. The van der Waals surface area contributed by atoms with Crippen LogP contribution in [0, 0.1) is 0 Å². The third-order valence-corrected chi connectivity index (χ3v) is 5.35. The smallest absolute Gasteiger partial charge is 0.239 e. The summed E-state index contributed by atoms with van der Waals surface area (Å²) in [6.45, 7) is 0. The summed E-state index contributed by atoms with van der Waals surface area (Å²) < 4.78 is 23.4. The van der Waals surface area contributed by atoms with Crippen LogP contribution in [0.5, 0.6) is 0 Å². The van der Waals surface area contributed by atoms with Gasteiger partial charge in [-0.15, -0.1) is 0 Å². The highest BCUT2D eigenvalue weighted by molar-refractivity contribution is 7.89. The average Bonchev–Trinajstić information content (AvgIpc) is 3.01. The molecule has 0 amide bonds. The van der Waals surface area contributed by atoms with Gasteiger partial charge in [-0.05, 0) is 29.7 Å². The molecule has 2 heterocycles. The molecule has 25 heavy (non-hydrogen) atoms. The molecule has 0 saturated heterocycles. The predicted molar refractivity (Wildman–Crippen MR) is 97.1 cm³/mol. The van der Waals surface area contributed by atoms with E-state index >= 15 is 0 Å². The number of hydrogen-bond donors (Lipinski definition) is 1. The third kappa shape index (κ3) is 2.90. The van der Waals surface area contributed by atoms with Gasteiger partial charge in [-0.2, -0.15) is 0 Å². The lowest BCUT2D eigenvalue weighted by Crippen LogP contribution is -2.21. The van der Waals surface area contributed by atoms with Crippen LogP contribution in [0.3, 0.4) is 0 Å². The summed E-state index contributed by atoms with van der Waals surface area (Å²) in [5.41, 5.74) is 4.16. The molecule has 2 aromatic carbocycles. The van der Waals surface area contributed by atoms with Crippen molar-refractivity contribution in [2.24, 2.45) is 5.14 Å². The standard InChI is InChI=1S/C19H17N3O2S/c20-25(23,24)17-11-16(12-21-13-17)22-18-9-5-4-8-15(18)10-19(22)14-6-2-1-3-7-14/h1-9,11-13,19H,10H2,(H2,20,23,24). The summed E-state index contributed by atoms with van der Waals surface area (Å²) in [6.07, 6.45) is 3.80. The fraction of sp³-hybridized carbons (Fsp3) is 0.105. The van der Waals surface area contributed by atoms with E-state index in [0.717, 1.165) is 12.1 Å². The van der Waals surface area contributed by atoms with Gasteiger partial charge in [-0.25, -0.2) is 13.6 Å². The van der Waals surface area contributed by atoms with Crippen LogP contribution < -0.4 is 10.0 Å². The molecular formula is C19H17N3O2S. The first-order chi connectivity index (χ1) is 12.0. The van der Waals surface area contributed by atoms with Crippen LogP contribution in [-0.2, 0) is 16.4 Å². The van der Waals surface area contributed by atoms with Gasteiger partial charge in [-0.3, -0.25) is 4.98 Å². The van der Waals surface area contributed by atoms with Gasteiger partial charge in [0.05, 0.1) is 17.9 Å². The number of hydrogen-bond acceptors (Lipinski definition) is 4. The molecule has 6 heteroatoms. The Bertz CT molecular complexity index is 1020. The number of pyridine rings is 1. The summed E-state index contributed by atoms with van der Waals surface area (Å²) in [4.78, 5) is 6.24. The molecule has 0 radical (unpaired) electrons. The Morgan fingerprint density at radius 3 is 2.48 bits per heavy atom. The first-order valence-corrected chi connectivity index (χ1v) is 9.48. The quantitative estimate of drug-likeness (QED) is 0.786. The molecule has 0 fully saturated rings. The Morgan fingerprint density at radius 1 is 1.00 bits per heavy atom. The minimum Gasteiger partial charge on any atom is -0.332 e. The minimum atomic E-state index is -3.80. The van der Waals surface area contributed by atoms with Gasteiger partial charge in [-0.1, -0.05) is 48.5 Å². The first-order valence-electron chi connectivity index (χ1n) is 7.94. The zero-order chi connectivity index (χ0) is 17.4. The maximum Gasteiger partial charge on any atom is 0.239 e. The monoisotopic (exact) mass is 351 g/mol. The lowest BCUT2D eigenvalue weighted by atomic mass is 10.0. The summed E-state index contributed by atoms with van der Waals surface area (Å²) in [5.74, 6) is 0. The highest BCUT2D eigenvalue weighted by Crippen LogP contribution is 2.45. The van der Waals surface area contributed by atoms with Gasteiger partial charge < -0.3 is 4.90 Å². The highest BCUT2D eigenvalue weighted by atomic mass is 32.2. The normalized spacial score (nSPS) is 16.7. The molecular weight excluding hydrogens is 334 g/mol. The number of primary sulfonamides is 1. The number of nitrogens with two attached hydrogens (primary N) is 1. The second kappa shape index (κ2) is 5.98. The van der Waals surface area contributed by atoms with E-state index < -0.39 is 10.0 Å². The Balaban J connectivity index is 1.87. The fourth-order valence-corrected chi connectivity index (χ4v) is 3.83. The van der Waals surface area contributed by atoms with Gasteiger partial charge in [0.25, 0.3) is 0 Å². The minimum absolute atomic E-state index is 0.0150. The van der Waals surface area contributed by atoms with E-state index in [0.29, 0.717) is 5.69 Å². The molecule has 1 atom stereocenters. The molecule has 4 rings (SSSR count). The maximum atomic E-state index is 11.7. The van der Waals surface area contributed by atoms with Crippen LogP contribution in [0.15, 0.2) is 78.0 Å². The van der Waals surface area contributed by atoms with Crippen molar-refractivity contribution in [2.75, 3.05) is 4.90 Å². The Labute approximate surface area is 146 Å². The highest BCUT2D eigenvalue weighted by Gasteiger charge is 2.31. The molecule has 126 valence electrons. The lowest BCUT2D eigenvalue weighted by Gasteiger charge is -2.28. The molecule has 3 aromatic rings. The van der Waals surface area contributed by atoms with Gasteiger partial charge in [0.1, 0.15) is 4.90 Å². The fourth-order valence-electron chi connectivity index (χ4n) is 3.34. The number of fused-ring (bicyclic) bond motifs is 1. The molecule has 0 spiro atoms. The van der Waals surface area contributed by atoms with Crippen LogP contribution in [0.4, 0.5) is 11.4 Å². The van der Waals surface area contributed by atoms with Crippen molar-refractivity contribution in [1.82, 2.24) is 4.98 Å². The number of sulfonamides is 1. The Kier molecular flexibility index (Phi) is 3.78. The molecule has 0 aliphatic carbocycles. The van der Waals surface area contributed by atoms with Crippen molar-refractivity contribution in [1.29, 1.82) is 0 Å². The largest absolute Gasteiger partial charge is 0.332 e. The third-order valence-electron chi connectivity index (χ3n) is 4.47. The van der Waals surface area contributed by atoms with Gasteiger partial charge >= 0.3 is 0 Å². The average molecular weight is 351 g/mol. The zero-order valence-corrected chi connectivity index (χ0v) is 14.2. The van der Waals surface area contributed by atoms with Gasteiger partial charge in [0, 0.05) is 11.9 Å². The SMILES string of the molecule is NS(=O)(=O)c1cncc(N2c3ccccc3CC2c2ccccc2)c1. The number of rotatable bonds is 3. The zero-order valence-electron chi connectivity index (χ0n) is 13.4. The topological polar surface area (TPSA) is 76.3 Å². The van der Waals surface area contributed by atoms with Crippen molar-refractivity contribution < 1.29 is 8.42 Å². The Morgan fingerprint density at radius 2 is 1.72 bits per heavy atom.